The minimum absolute atomic E-state index is 0.117. The van der Waals surface area contributed by atoms with E-state index >= 15 is 0 Å². The van der Waals surface area contributed by atoms with Crippen molar-refractivity contribution in [3.05, 3.63) is 58.1 Å². The first-order valence-electron chi connectivity index (χ1n) is 6.42. The summed E-state index contributed by atoms with van der Waals surface area (Å²) in [5, 5.41) is 12.4. The quantitative estimate of drug-likeness (QED) is 0.789. The Morgan fingerprint density at radius 3 is 2.86 bits per heavy atom. The third-order valence-corrected chi connectivity index (χ3v) is 3.71. The molecule has 0 bridgehead atoms. The van der Waals surface area contributed by atoms with Crippen LogP contribution >= 0.6 is 15.9 Å². The van der Waals surface area contributed by atoms with Crippen LogP contribution < -0.4 is 5.32 Å². The maximum Gasteiger partial charge on any atom is 0.337 e. The first-order valence-corrected chi connectivity index (χ1v) is 7.22. The Balaban J connectivity index is 2.37. The molecule has 1 unspecified atom stereocenters. The first-order chi connectivity index (χ1) is 10.0. The molecule has 0 radical (unpaired) electrons. The Kier molecular flexibility index (Phi) is 4.90. The smallest absolute Gasteiger partial charge is 0.337 e. The molecule has 0 fully saturated rings. The van der Waals surface area contributed by atoms with Crippen molar-refractivity contribution in [2.75, 3.05) is 5.32 Å². The van der Waals surface area contributed by atoms with Gasteiger partial charge in [-0.15, -0.1) is 0 Å². The fraction of sp³-hybridized carbons (Fsp3) is 0.200. The van der Waals surface area contributed by atoms with Gasteiger partial charge >= 0.3 is 5.97 Å². The number of halogens is 2. The van der Waals surface area contributed by atoms with Crippen LogP contribution in [0.2, 0.25) is 0 Å². The van der Waals surface area contributed by atoms with Crippen molar-refractivity contribution in [1.29, 1.82) is 0 Å². The van der Waals surface area contributed by atoms with Crippen molar-refractivity contribution >= 4 is 27.6 Å². The van der Waals surface area contributed by atoms with Crippen molar-refractivity contribution < 1.29 is 14.3 Å². The average Bonchev–Trinajstić information content (AvgIpc) is 2.45. The lowest BCUT2D eigenvalue weighted by Gasteiger charge is -2.20. The van der Waals surface area contributed by atoms with Crippen LogP contribution in [0.3, 0.4) is 0 Å². The van der Waals surface area contributed by atoms with Gasteiger partial charge in [-0.05, 0) is 46.1 Å². The summed E-state index contributed by atoms with van der Waals surface area (Å²) in [4.78, 5) is 15.3. The molecule has 0 saturated carbocycles. The van der Waals surface area contributed by atoms with Gasteiger partial charge in [-0.3, -0.25) is 0 Å². The molecule has 0 aliphatic rings. The van der Waals surface area contributed by atoms with E-state index in [9.17, 15) is 14.3 Å². The second-order valence-electron chi connectivity index (χ2n) is 4.49. The van der Waals surface area contributed by atoms with Crippen LogP contribution in [-0.2, 0) is 0 Å². The predicted octanol–water partition coefficient (Wildman–Crippen LogP) is 4.24. The Morgan fingerprint density at radius 2 is 2.24 bits per heavy atom. The van der Waals surface area contributed by atoms with Crippen LogP contribution in [0.25, 0.3) is 0 Å². The number of hydrogen-bond acceptors (Lipinski definition) is 3. The predicted molar refractivity (Wildman–Crippen MR) is 82.0 cm³/mol. The van der Waals surface area contributed by atoms with Crippen LogP contribution in [0, 0.1) is 5.82 Å². The number of nitrogens with zero attached hydrogens (tertiary/aromatic N) is 1. The van der Waals surface area contributed by atoms with Gasteiger partial charge in [-0.2, -0.15) is 0 Å². The molecule has 1 atom stereocenters. The van der Waals surface area contributed by atoms with Gasteiger partial charge in [0, 0.05) is 6.20 Å². The van der Waals surface area contributed by atoms with E-state index in [1.165, 1.54) is 24.4 Å². The van der Waals surface area contributed by atoms with E-state index in [1.807, 2.05) is 6.92 Å². The fourth-order valence-corrected chi connectivity index (χ4v) is 2.52. The zero-order valence-electron chi connectivity index (χ0n) is 11.3. The van der Waals surface area contributed by atoms with E-state index in [-0.39, 0.29) is 17.4 Å². The second-order valence-corrected chi connectivity index (χ2v) is 5.24. The van der Waals surface area contributed by atoms with Crippen LogP contribution in [0.1, 0.15) is 35.3 Å². The maximum atomic E-state index is 13.3. The zero-order chi connectivity index (χ0) is 15.4. The van der Waals surface area contributed by atoms with Gasteiger partial charge in [0.25, 0.3) is 0 Å². The minimum Gasteiger partial charge on any atom is -0.478 e. The molecule has 1 aromatic heterocycles. The summed E-state index contributed by atoms with van der Waals surface area (Å²) in [5.74, 6) is -1.37. The van der Waals surface area contributed by atoms with Gasteiger partial charge in [0.05, 0.1) is 17.3 Å². The molecule has 0 saturated heterocycles. The van der Waals surface area contributed by atoms with Crippen LogP contribution in [-0.4, -0.2) is 16.1 Å². The van der Waals surface area contributed by atoms with E-state index in [2.05, 4.69) is 26.2 Å². The van der Waals surface area contributed by atoms with E-state index in [4.69, 9.17) is 0 Å². The highest BCUT2D eigenvalue weighted by molar-refractivity contribution is 9.10. The lowest BCUT2D eigenvalue weighted by Crippen LogP contribution is -2.14. The highest BCUT2D eigenvalue weighted by Crippen LogP contribution is 2.30. The zero-order valence-corrected chi connectivity index (χ0v) is 12.9. The van der Waals surface area contributed by atoms with Crippen molar-refractivity contribution in [3.63, 3.8) is 0 Å². The topological polar surface area (TPSA) is 62.2 Å². The Bertz CT molecular complexity index is 664. The summed E-state index contributed by atoms with van der Waals surface area (Å²) in [7, 11) is 0. The number of pyridine rings is 1. The Labute approximate surface area is 130 Å². The molecule has 21 heavy (non-hydrogen) atoms. The number of benzene rings is 1. The Hall–Kier alpha value is -1.95. The number of hydrogen-bond donors (Lipinski definition) is 2. The fourth-order valence-electron chi connectivity index (χ4n) is 2.07. The summed E-state index contributed by atoms with van der Waals surface area (Å²) in [6.07, 6.45) is 2.09. The highest BCUT2D eigenvalue weighted by Gasteiger charge is 2.18. The molecule has 2 N–H and O–H groups in total. The molecular weight excluding hydrogens is 339 g/mol. The number of carboxylic acids is 1. The average molecular weight is 353 g/mol. The summed E-state index contributed by atoms with van der Waals surface area (Å²) in [5.41, 5.74) is 1.26. The van der Waals surface area contributed by atoms with Crippen molar-refractivity contribution in [2.45, 2.75) is 19.4 Å². The largest absolute Gasteiger partial charge is 0.478 e. The summed E-state index contributed by atoms with van der Waals surface area (Å²) in [6.45, 7) is 1.94. The molecule has 0 spiro atoms. The summed E-state index contributed by atoms with van der Waals surface area (Å²) >= 11 is 3.25. The van der Waals surface area contributed by atoms with Crippen LogP contribution in [0.15, 0.2) is 41.1 Å². The van der Waals surface area contributed by atoms with E-state index in [0.717, 1.165) is 5.56 Å². The number of aromatic carboxylic acids is 1. The number of nitrogens with one attached hydrogen (secondary N) is 1. The normalized spacial score (nSPS) is 12.0. The molecule has 0 aliphatic heterocycles. The van der Waals surface area contributed by atoms with Gasteiger partial charge < -0.3 is 10.4 Å². The minimum atomic E-state index is -1.05. The molecule has 1 heterocycles. The number of rotatable bonds is 5. The van der Waals surface area contributed by atoms with Gasteiger partial charge in [0.1, 0.15) is 10.4 Å². The summed E-state index contributed by atoms with van der Waals surface area (Å²) < 4.78 is 13.8. The molecule has 2 aromatic rings. The van der Waals surface area contributed by atoms with Crippen molar-refractivity contribution in [1.82, 2.24) is 4.98 Å². The second kappa shape index (κ2) is 6.67. The molecule has 0 amide bonds. The van der Waals surface area contributed by atoms with Gasteiger partial charge in [0.2, 0.25) is 0 Å². The molecule has 0 aliphatic carbocycles. The number of carbonyl (C=O) groups is 1. The van der Waals surface area contributed by atoms with Crippen molar-refractivity contribution in [2.24, 2.45) is 0 Å². The highest BCUT2D eigenvalue weighted by atomic mass is 79.9. The van der Waals surface area contributed by atoms with E-state index in [0.29, 0.717) is 16.7 Å². The third kappa shape index (κ3) is 3.58. The molecule has 2 rings (SSSR count). The SMILES string of the molecule is CCC(Nc1c(C(=O)O)ccnc1Br)c1cccc(F)c1. The standard InChI is InChI=1S/C15H14BrFN2O2/c1-2-12(9-4-3-5-10(17)8-9)19-13-11(15(20)21)6-7-18-14(13)16/h3-8,12,19H,2H2,1H3,(H,20,21). The lowest BCUT2D eigenvalue weighted by molar-refractivity contribution is 0.0697. The molecule has 110 valence electrons. The molecule has 1 aromatic carbocycles. The van der Waals surface area contributed by atoms with Crippen LogP contribution in [0.5, 0.6) is 0 Å². The third-order valence-electron chi connectivity index (χ3n) is 3.11. The van der Waals surface area contributed by atoms with Crippen molar-refractivity contribution in [3.8, 4) is 0 Å². The first kappa shape index (κ1) is 15.4. The van der Waals surface area contributed by atoms with Gasteiger partial charge in [-0.1, -0.05) is 19.1 Å². The molecule has 4 nitrogen and oxygen atoms in total. The van der Waals surface area contributed by atoms with Gasteiger partial charge in [-0.25, -0.2) is 14.2 Å². The number of carboxylic acid groups (broad SMARTS) is 1. The van der Waals surface area contributed by atoms with Crippen LogP contribution in [0.4, 0.5) is 10.1 Å². The van der Waals surface area contributed by atoms with Gasteiger partial charge in [0.15, 0.2) is 0 Å². The van der Waals surface area contributed by atoms with E-state index < -0.39 is 5.97 Å². The number of aromatic nitrogens is 1. The molecule has 6 heteroatoms. The summed E-state index contributed by atoms with van der Waals surface area (Å²) in [6, 6.07) is 7.46. The maximum absolute atomic E-state index is 13.3. The monoisotopic (exact) mass is 352 g/mol. The Morgan fingerprint density at radius 1 is 1.48 bits per heavy atom. The molecular formula is C15H14BrFN2O2. The number of anilines is 1. The van der Waals surface area contributed by atoms with E-state index in [1.54, 1.807) is 12.1 Å². The lowest BCUT2D eigenvalue weighted by atomic mass is 10.0.